The monoisotopic (exact) mass is 429 g/mol. The summed E-state index contributed by atoms with van der Waals surface area (Å²) >= 11 is 0. The van der Waals surface area contributed by atoms with E-state index in [1.54, 1.807) is 4.90 Å². The maximum absolute atomic E-state index is 13.9. The van der Waals surface area contributed by atoms with E-state index in [2.05, 4.69) is 35.8 Å². The molecule has 0 spiro atoms. The van der Waals surface area contributed by atoms with E-state index in [0.29, 0.717) is 0 Å². The number of nitrogens with zero attached hydrogens (tertiary/aromatic N) is 3. The third kappa shape index (κ3) is 3.60. The molecule has 0 saturated heterocycles. The molecule has 2 amide bonds. The van der Waals surface area contributed by atoms with E-state index < -0.39 is 0 Å². The van der Waals surface area contributed by atoms with Crippen molar-refractivity contribution in [2.45, 2.75) is 31.8 Å². The van der Waals surface area contributed by atoms with Crippen molar-refractivity contribution in [1.82, 2.24) is 9.47 Å². The van der Waals surface area contributed by atoms with Crippen LogP contribution in [0.5, 0.6) is 0 Å². The first kappa shape index (κ1) is 20.5. The summed E-state index contributed by atoms with van der Waals surface area (Å²) in [5.74, 6) is -0.225. The molecule has 2 aromatic carbocycles. The molecule has 6 nitrogen and oxygen atoms in total. The van der Waals surface area contributed by atoms with Crippen LogP contribution < -0.4 is 4.90 Å². The van der Waals surface area contributed by atoms with Gasteiger partial charge in [0.15, 0.2) is 0 Å². The van der Waals surface area contributed by atoms with Crippen molar-refractivity contribution in [3.63, 3.8) is 0 Å². The number of aryl methyl sites for hydroxylation is 1. The van der Waals surface area contributed by atoms with Gasteiger partial charge in [0.2, 0.25) is 11.8 Å². The molecular formula is C26H27N3O3. The van der Waals surface area contributed by atoms with Gasteiger partial charge >= 0.3 is 0 Å². The van der Waals surface area contributed by atoms with Gasteiger partial charge in [0, 0.05) is 19.3 Å². The number of carbonyl (C=O) groups excluding carboxylic acids is 2. The summed E-state index contributed by atoms with van der Waals surface area (Å²) in [6.07, 6.45) is 3.91. The third-order valence-corrected chi connectivity index (χ3v) is 6.23. The quantitative estimate of drug-likeness (QED) is 0.598. The number of benzene rings is 2. The van der Waals surface area contributed by atoms with Crippen LogP contribution in [0.1, 0.15) is 35.7 Å². The molecule has 2 heterocycles. The van der Waals surface area contributed by atoms with Gasteiger partial charge in [0.1, 0.15) is 19.2 Å². The summed E-state index contributed by atoms with van der Waals surface area (Å²) in [6, 6.07) is 20.2. The Labute approximate surface area is 188 Å². The van der Waals surface area contributed by atoms with Crippen LogP contribution in [0.4, 0.5) is 5.69 Å². The van der Waals surface area contributed by atoms with Crippen molar-refractivity contribution in [2.75, 3.05) is 25.2 Å². The second-order valence-electron chi connectivity index (χ2n) is 8.56. The largest absolute Gasteiger partial charge is 0.375 e. The Balaban J connectivity index is 1.59. The van der Waals surface area contributed by atoms with Gasteiger partial charge in [-0.15, -0.1) is 0 Å². The summed E-state index contributed by atoms with van der Waals surface area (Å²) in [5.41, 5.74) is 5.04. The van der Waals surface area contributed by atoms with Gasteiger partial charge in [-0.05, 0) is 49.6 Å². The van der Waals surface area contributed by atoms with E-state index in [9.17, 15) is 9.59 Å². The number of fused-ring (bicyclic) bond motifs is 3. The molecular weight excluding hydrogens is 402 g/mol. The molecule has 0 bridgehead atoms. The Hall–Kier alpha value is -3.38. The highest BCUT2D eigenvalue weighted by Crippen LogP contribution is 2.42. The highest BCUT2D eigenvalue weighted by molar-refractivity contribution is 6.00. The normalized spacial score (nSPS) is 16.9. The molecule has 5 rings (SSSR count). The van der Waals surface area contributed by atoms with Gasteiger partial charge in [-0.3, -0.25) is 14.5 Å². The van der Waals surface area contributed by atoms with Crippen LogP contribution in [0.3, 0.4) is 0 Å². The lowest BCUT2D eigenvalue weighted by atomic mass is 9.96. The molecule has 1 aliphatic heterocycles. The maximum Gasteiger partial charge on any atom is 0.249 e. The number of para-hydroxylation sites is 2. The Kier molecular flexibility index (Phi) is 5.31. The fourth-order valence-corrected chi connectivity index (χ4v) is 4.65. The zero-order chi connectivity index (χ0) is 22.2. The minimum atomic E-state index is -0.272. The van der Waals surface area contributed by atoms with Crippen LogP contribution in [-0.4, -0.2) is 47.6 Å². The first-order valence-electron chi connectivity index (χ1n) is 11.0. The van der Waals surface area contributed by atoms with E-state index in [4.69, 9.17) is 4.74 Å². The maximum atomic E-state index is 13.9. The van der Waals surface area contributed by atoms with E-state index in [1.807, 2.05) is 47.5 Å². The smallest absolute Gasteiger partial charge is 0.249 e. The molecule has 164 valence electrons. The second-order valence-corrected chi connectivity index (χ2v) is 8.56. The molecule has 0 radical (unpaired) electrons. The zero-order valence-electron chi connectivity index (χ0n) is 18.4. The van der Waals surface area contributed by atoms with Gasteiger partial charge in [-0.1, -0.05) is 42.0 Å². The molecule has 1 unspecified atom stereocenters. The van der Waals surface area contributed by atoms with Gasteiger partial charge in [0.05, 0.1) is 17.1 Å². The van der Waals surface area contributed by atoms with Crippen molar-refractivity contribution in [3.05, 3.63) is 83.7 Å². The van der Waals surface area contributed by atoms with Crippen LogP contribution in [0.15, 0.2) is 66.9 Å². The number of amides is 2. The number of hydrogen-bond acceptors (Lipinski definition) is 3. The first-order chi connectivity index (χ1) is 15.6. The Morgan fingerprint density at radius 1 is 1.03 bits per heavy atom. The minimum absolute atomic E-state index is 0.00940. The summed E-state index contributed by atoms with van der Waals surface area (Å²) in [5, 5.41) is 0. The van der Waals surface area contributed by atoms with Crippen molar-refractivity contribution in [2.24, 2.45) is 0 Å². The minimum Gasteiger partial charge on any atom is -0.375 e. The Morgan fingerprint density at radius 2 is 1.81 bits per heavy atom. The van der Waals surface area contributed by atoms with Crippen LogP contribution >= 0.6 is 0 Å². The number of methoxy groups -OCH3 is 1. The average Bonchev–Trinajstić information content (AvgIpc) is 3.51. The van der Waals surface area contributed by atoms with Crippen molar-refractivity contribution >= 4 is 17.5 Å². The zero-order valence-corrected chi connectivity index (χ0v) is 18.4. The van der Waals surface area contributed by atoms with Crippen LogP contribution in [0, 0.1) is 6.92 Å². The average molecular weight is 430 g/mol. The van der Waals surface area contributed by atoms with Crippen LogP contribution in [0.2, 0.25) is 0 Å². The van der Waals surface area contributed by atoms with Gasteiger partial charge < -0.3 is 14.2 Å². The second kappa shape index (κ2) is 8.28. The molecule has 6 heteroatoms. The van der Waals surface area contributed by atoms with Gasteiger partial charge in [-0.2, -0.15) is 0 Å². The van der Waals surface area contributed by atoms with E-state index in [0.717, 1.165) is 41.0 Å². The Morgan fingerprint density at radius 3 is 2.53 bits per heavy atom. The van der Waals surface area contributed by atoms with E-state index in [-0.39, 0.29) is 37.0 Å². The number of rotatable bonds is 6. The fourth-order valence-electron chi connectivity index (χ4n) is 4.65. The summed E-state index contributed by atoms with van der Waals surface area (Å²) in [6.45, 7) is 2.10. The number of hydrogen-bond donors (Lipinski definition) is 0. The molecule has 32 heavy (non-hydrogen) atoms. The highest BCUT2D eigenvalue weighted by atomic mass is 16.5. The number of carbonyl (C=O) groups is 2. The molecule has 1 aliphatic carbocycles. The third-order valence-electron chi connectivity index (χ3n) is 6.23. The first-order valence-corrected chi connectivity index (χ1v) is 11.0. The summed E-state index contributed by atoms with van der Waals surface area (Å²) < 4.78 is 7.22. The summed E-state index contributed by atoms with van der Waals surface area (Å²) in [4.78, 5) is 30.1. The standard InChI is InChI=1S/C26H27N3O3/c1-18-7-5-8-19(15-18)26-23-11-6-14-27(23)21-9-3-4-10-22(21)29(26)24(30)16-28(20-12-13-20)25(31)17-32-2/h3-11,14-15,20,26H,12-13,16-17H2,1-2H3. The Bertz CT molecular complexity index is 1160. The lowest BCUT2D eigenvalue weighted by Gasteiger charge is -2.39. The lowest BCUT2D eigenvalue weighted by Crippen LogP contribution is -2.48. The molecule has 1 fully saturated rings. The number of anilines is 1. The number of ether oxygens (including phenoxy) is 1. The predicted molar refractivity (Wildman–Crippen MR) is 123 cm³/mol. The van der Waals surface area contributed by atoms with E-state index in [1.165, 1.54) is 7.11 Å². The molecule has 1 saturated carbocycles. The topological polar surface area (TPSA) is 54.8 Å². The molecule has 1 atom stereocenters. The molecule has 3 aromatic rings. The van der Waals surface area contributed by atoms with Crippen LogP contribution in [-0.2, 0) is 14.3 Å². The highest BCUT2D eigenvalue weighted by Gasteiger charge is 2.39. The van der Waals surface area contributed by atoms with Crippen molar-refractivity contribution in [3.8, 4) is 5.69 Å². The number of aromatic nitrogens is 1. The summed E-state index contributed by atoms with van der Waals surface area (Å²) in [7, 11) is 1.51. The molecule has 1 aromatic heterocycles. The van der Waals surface area contributed by atoms with Crippen LogP contribution in [0.25, 0.3) is 5.69 Å². The van der Waals surface area contributed by atoms with E-state index >= 15 is 0 Å². The molecule has 2 aliphatic rings. The van der Waals surface area contributed by atoms with Gasteiger partial charge in [-0.25, -0.2) is 0 Å². The fraction of sp³-hybridized carbons (Fsp3) is 0.308. The predicted octanol–water partition coefficient (Wildman–Crippen LogP) is 3.86. The van der Waals surface area contributed by atoms with Gasteiger partial charge in [0.25, 0.3) is 0 Å². The molecule has 0 N–H and O–H groups in total. The van der Waals surface area contributed by atoms with Crippen molar-refractivity contribution in [1.29, 1.82) is 0 Å². The van der Waals surface area contributed by atoms with Crippen molar-refractivity contribution < 1.29 is 14.3 Å². The lowest BCUT2D eigenvalue weighted by molar-refractivity contribution is -0.139. The SMILES string of the molecule is COCC(=O)N(CC(=O)N1c2ccccc2-n2cccc2C1c1cccc(C)c1)C1CC1.